The Bertz CT molecular complexity index is 1130. The summed E-state index contributed by atoms with van der Waals surface area (Å²) in [6, 6.07) is 3.03. The Hall–Kier alpha value is -2.18. The Kier molecular flexibility index (Phi) is 6.68. The summed E-state index contributed by atoms with van der Waals surface area (Å²) in [6.45, 7) is -0.134. The molecule has 13 heteroatoms. The third-order valence-electron chi connectivity index (χ3n) is 4.21. The molecule has 2 aromatic rings. The van der Waals surface area contributed by atoms with Crippen LogP contribution in [-0.2, 0) is 14.8 Å². The Labute approximate surface area is 186 Å². The van der Waals surface area contributed by atoms with Crippen LogP contribution in [0.15, 0.2) is 35.0 Å². The number of nitrogens with zero attached hydrogens (tertiary/aromatic N) is 2. The lowest BCUT2D eigenvalue weighted by Gasteiger charge is -2.28. The number of pyridine rings is 1. The normalized spacial score (nSPS) is 15.2. The van der Waals surface area contributed by atoms with Crippen molar-refractivity contribution in [2.45, 2.75) is 6.42 Å². The van der Waals surface area contributed by atoms with Gasteiger partial charge in [-0.2, -0.15) is 4.31 Å². The van der Waals surface area contributed by atoms with E-state index in [9.17, 15) is 23.1 Å². The largest absolute Gasteiger partial charge is 0.505 e. The maximum absolute atomic E-state index is 12.8. The summed E-state index contributed by atoms with van der Waals surface area (Å²) in [5.74, 6) is -1.23. The molecule has 3 rings (SSSR count). The van der Waals surface area contributed by atoms with Crippen LogP contribution in [0.2, 0.25) is 10.0 Å². The molecule has 1 aliphatic rings. The predicted octanol–water partition coefficient (Wildman–Crippen LogP) is 2.44. The van der Waals surface area contributed by atoms with Crippen molar-refractivity contribution in [3.8, 4) is 5.75 Å². The molecule has 0 aromatic carbocycles. The van der Waals surface area contributed by atoms with Crippen molar-refractivity contribution < 1.29 is 23.1 Å². The molecule has 0 spiro atoms. The van der Waals surface area contributed by atoms with Crippen LogP contribution in [0.5, 0.6) is 5.75 Å². The van der Waals surface area contributed by atoms with Crippen LogP contribution >= 0.6 is 34.5 Å². The van der Waals surface area contributed by atoms with Gasteiger partial charge in [-0.3, -0.25) is 9.59 Å². The molecule has 3 N–H and O–H groups in total. The Morgan fingerprint density at radius 2 is 1.97 bits per heavy atom. The fraction of sp³-hybridized carbons (Fsp3) is 0.235. The van der Waals surface area contributed by atoms with Crippen LogP contribution in [0.1, 0.15) is 16.1 Å². The summed E-state index contributed by atoms with van der Waals surface area (Å²) in [5, 5.41) is 16.4. The van der Waals surface area contributed by atoms with Crippen molar-refractivity contribution >= 4 is 62.2 Å². The van der Waals surface area contributed by atoms with E-state index >= 15 is 0 Å². The molecule has 0 radical (unpaired) electrons. The lowest BCUT2D eigenvalue weighted by molar-refractivity contribution is -0.113. The van der Waals surface area contributed by atoms with Gasteiger partial charge in [-0.1, -0.05) is 23.2 Å². The highest BCUT2D eigenvalue weighted by Gasteiger charge is 2.30. The van der Waals surface area contributed by atoms with E-state index < -0.39 is 21.8 Å². The zero-order valence-corrected chi connectivity index (χ0v) is 18.6. The quantitative estimate of drug-likeness (QED) is 0.590. The van der Waals surface area contributed by atoms with Crippen LogP contribution in [0, 0.1) is 0 Å². The van der Waals surface area contributed by atoms with Gasteiger partial charge in [0.1, 0.15) is 21.5 Å². The molecule has 160 valence electrons. The molecule has 2 aromatic heterocycles. The highest BCUT2D eigenvalue weighted by molar-refractivity contribution is 7.88. The van der Waals surface area contributed by atoms with Gasteiger partial charge in [0.05, 0.1) is 16.9 Å². The van der Waals surface area contributed by atoms with E-state index in [2.05, 4.69) is 15.6 Å². The zero-order valence-electron chi connectivity index (χ0n) is 15.5. The van der Waals surface area contributed by atoms with Gasteiger partial charge in [0.25, 0.3) is 11.8 Å². The van der Waals surface area contributed by atoms with Crippen molar-refractivity contribution in [1.29, 1.82) is 0 Å². The summed E-state index contributed by atoms with van der Waals surface area (Å²) in [6.07, 6.45) is 2.49. The zero-order chi connectivity index (χ0) is 22.1. The molecule has 0 bridgehead atoms. The topological polar surface area (TPSA) is 129 Å². The molecule has 9 nitrogen and oxygen atoms in total. The second kappa shape index (κ2) is 8.90. The number of hydrogen-bond donors (Lipinski definition) is 3. The number of nitrogens with one attached hydrogen (secondary N) is 2. The SMILES string of the molecule is CS(=O)(=O)N1CCC(NC(=O)c2scc(O)c2Cl)=C(C(=O)Nc2ccc(Cl)cn2)C1. The summed E-state index contributed by atoms with van der Waals surface area (Å²) >= 11 is 12.7. The minimum Gasteiger partial charge on any atom is -0.505 e. The van der Waals surface area contributed by atoms with Gasteiger partial charge in [0, 0.05) is 36.8 Å². The number of thiophene rings is 1. The number of aromatic hydroxyl groups is 1. The average Bonchev–Trinajstić information content (AvgIpc) is 3.02. The molecule has 0 saturated heterocycles. The van der Waals surface area contributed by atoms with E-state index in [4.69, 9.17) is 23.2 Å². The molecule has 1 aliphatic heterocycles. The van der Waals surface area contributed by atoms with Gasteiger partial charge < -0.3 is 15.7 Å². The minimum absolute atomic E-state index is 0.0636. The van der Waals surface area contributed by atoms with E-state index in [0.29, 0.717) is 5.02 Å². The number of aromatic nitrogens is 1. The molecule has 0 aliphatic carbocycles. The third-order valence-corrected chi connectivity index (χ3v) is 7.14. The maximum Gasteiger partial charge on any atom is 0.267 e. The third kappa shape index (κ3) is 5.10. The molecule has 0 fully saturated rings. The molecular formula is C17H16Cl2N4O5S2. The van der Waals surface area contributed by atoms with E-state index in [1.54, 1.807) is 0 Å². The number of carbonyl (C=O) groups is 2. The first-order valence-electron chi connectivity index (χ1n) is 8.43. The lowest BCUT2D eigenvalue weighted by atomic mass is 10.1. The number of sulfonamides is 1. The highest BCUT2D eigenvalue weighted by Crippen LogP contribution is 2.33. The Balaban J connectivity index is 1.90. The van der Waals surface area contributed by atoms with Crippen LogP contribution < -0.4 is 10.6 Å². The molecule has 0 unspecified atom stereocenters. The number of rotatable bonds is 5. The summed E-state index contributed by atoms with van der Waals surface area (Å²) < 4.78 is 25.1. The summed E-state index contributed by atoms with van der Waals surface area (Å²) in [4.78, 5) is 29.5. The first-order chi connectivity index (χ1) is 14.1. The van der Waals surface area contributed by atoms with Crippen LogP contribution in [0.3, 0.4) is 0 Å². The van der Waals surface area contributed by atoms with Gasteiger partial charge >= 0.3 is 0 Å². The van der Waals surface area contributed by atoms with E-state index in [-0.39, 0.29) is 52.2 Å². The lowest BCUT2D eigenvalue weighted by Crippen LogP contribution is -2.42. The molecular weight excluding hydrogens is 475 g/mol. The number of hydrogen-bond acceptors (Lipinski definition) is 7. The van der Waals surface area contributed by atoms with Crippen LogP contribution in [-0.4, -0.2) is 54.0 Å². The van der Waals surface area contributed by atoms with E-state index in [1.165, 1.54) is 23.7 Å². The monoisotopic (exact) mass is 490 g/mol. The smallest absolute Gasteiger partial charge is 0.267 e. The summed E-state index contributed by atoms with van der Waals surface area (Å²) in [7, 11) is -3.56. The van der Waals surface area contributed by atoms with Crippen molar-refractivity contribution in [1.82, 2.24) is 14.6 Å². The van der Waals surface area contributed by atoms with Crippen LogP contribution in [0.4, 0.5) is 5.82 Å². The average molecular weight is 491 g/mol. The predicted molar refractivity (Wildman–Crippen MR) is 114 cm³/mol. The number of halogens is 2. The maximum atomic E-state index is 12.8. The second-order valence-electron chi connectivity index (χ2n) is 6.34. The van der Waals surface area contributed by atoms with Crippen molar-refractivity contribution in [3.63, 3.8) is 0 Å². The van der Waals surface area contributed by atoms with E-state index in [1.807, 2.05) is 0 Å². The first-order valence-corrected chi connectivity index (χ1v) is 11.9. The molecule has 2 amide bonds. The van der Waals surface area contributed by atoms with Crippen molar-refractivity contribution in [3.05, 3.63) is 49.9 Å². The molecule has 0 saturated carbocycles. The van der Waals surface area contributed by atoms with Crippen LogP contribution in [0.25, 0.3) is 0 Å². The fourth-order valence-electron chi connectivity index (χ4n) is 2.69. The van der Waals surface area contributed by atoms with Gasteiger partial charge in [-0.05, 0) is 12.1 Å². The molecule has 0 atom stereocenters. The summed E-state index contributed by atoms with van der Waals surface area (Å²) in [5.41, 5.74) is 0.323. The van der Waals surface area contributed by atoms with Crippen molar-refractivity contribution in [2.24, 2.45) is 0 Å². The Morgan fingerprint density at radius 3 is 2.53 bits per heavy atom. The number of anilines is 1. The standard InChI is InChI=1S/C17H16Cl2N4O5S2/c1-30(27,28)23-5-4-11(21-17(26)15-14(19)12(24)8-29-15)10(7-23)16(25)22-13-3-2-9(18)6-20-13/h2-3,6,8,24H,4-5,7H2,1H3,(H,21,26)(H,20,22,25). The Morgan fingerprint density at radius 1 is 1.23 bits per heavy atom. The van der Waals surface area contributed by atoms with Gasteiger partial charge in [-0.15, -0.1) is 11.3 Å². The highest BCUT2D eigenvalue weighted by atomic mass is 35.5. The number of carbonyl (C=O) groups excluding carboxylic acids is 2. The number of amides is 2. The minimum atomic E-state index is -3.56. The van der Waals surface area contributed by atoms with Crippen molar-refractivity contribution in [2.75, 3.05) is 24.7 Å². The molecule has 3 heterocycles. The first kappa shape index (κ1) is 22.5. The second-order valence-corrected chi connectivity index (χ2v) is 10.0. The van der Waals surface area contributed by atoms with Gasteiger partial charge in [0.2, 0.25) is 10.0 Å². The van der Waals surface area contributed by atoms with Gasteiger partial charge in [-0.25, -0.2) is 13.4 Å². The fourth-order valence-corrected chi connectivity index (χ4v) is 4.64. The van der Waals surface area contributed by atoms with Gasteiger partial charge in [0.15, 0.2) is 0 Å². The van der Waals surface area contributed by atoms with E-state index in [0.717, 1.165) is 21.9 Å². The molecule has 30 heavy (non-hydrogen) atoms.